The average Bonchev–Trinajstić information content (AvgIpc) is 2.62. The molecular weight excluding hydrogens is 380 g/mol. The number of piperazine rings is 1. The molecule has 0 spiro atoms. The lowest BCUT2D eigenvalue weighted by molar-refractivity contribution is -0.384. The lowest BCUT2D eigenvalue weighted by Crippen LogP contribution is -2.48. The van der Waals surface area contributed by atoms with Crippen LogP contribution in [0.15, 0.2) is 47.4 Å². The van der Waals surface area contributed by atoms with Crippen LogP contribution < -0.4 is 0 Å². The molecule has 0 bridgehead atoms. The molecular formula is C17H17F2N3O4S. The molecule has 27 heavy (non-hydrogen) atoms. The molecule has 0 radical (unpaired) electrons. The van der Waals surface area contributed by atoms with E-state index in [0.29, 0.717) is 25.7 Å². The number of halogens is 2. The fraction of sp³-hybridized carbons (Fsp3) is 0.294. The average molecular weight is 397 g/mol. The Kier molecular flexibility index (Phi) is 5.49. The van der Waals surface area contributed by atoms with Crippen LogP contribution in [-0.2, 0) is 16.6 Å². The highest BCUT2D eigenvalue weighted by Crippen LogP contribution is 2.22. The van der Waals surface area contributed by atoms with Gasteiger partial charge in [-0.05, 0) is 17.7 Å². The van der Waals surface area contributed by atoms with Crippen LogP contribution in [0.1, 0.15) is 5.56 Å². The van der Waals surface area contributed by atoms with Crippen molar-refractivity contribution in [3.05, 3.63) is 69.8 Å². The van der Waals surface area contributed by atoms with Gasteiger partial charge in [0.2, 0.25) is 10.0 Å². The van der Waals surface area contributed by atoms with E-state index in [4.69, 9.17) is 0 Å². The van der Waals surface area contributed by atoms with Crippen LogP contribution in [0, 0.1) is 21.7 Å². The number of non-ortho nitro benzene ring substituents is 1. The fourth-order valence-electron chi connectivity index (χ4n) is 2.93. The molecule has 1 heterocycles. The van der Waals surface area contributed by atoms with Crippen molar-refractivity contribution in [2.24, 2.45) is 0 Å². The van der Waals surface area contributed by atoms with E-state index in [0.717, 1.165) is 17.7 Å². The van der Waals surface area contributed by atoms with Crippen molar-refractivity contribution >= 4 is 15.7 Å². The molecule has 2 aromatic carbocycles. The zero-order valence-electron chi connectivity index (χ0n) is 14.2. The van der Waals surface area contributed by atoms with Crippen LogP contribution in [-0.4, -0.2) is 48.7 Å². The molecule has 2 aromatic rings. The zero-order chi connectivity index (χ0) is 19.6. The van der Waals surface area contributed by atoms with Gasteiger partial charge in [0.15, 0.2) is 0 Å². The third-order valence-corrected chi connectivity index (χ3v) is 6.33. The molecule has 0 unspecified atom stereocenters. The highest BCUT2D eigenvalue weighted by atomic mass is 32.2. The highest BCUT2D eigenvalue weighted by Gasteiger charge is 2.30. The van der Waals surface area contributed by atoms with Gasteiger partial charge in [0, 0.05) is 50.9 Å². The van der Waals surface area contributed by atoms with Gasteiger partial charge in [0.25, 0.3) is 5.69 Å². The summed E-state index contributed by atoms with van der Waals surface area (Å²) < 4.78 is 53.2. The minimum atomic E-state index is -4.03. The molecule has 0 N–H and O–H groups in total. The first-order valence-corrected chi connectivity index (χ1v) is 9.62. The number of rotatable bonds is 5. The van der Waals surface area contributed by atoms with E-state index in [9.17, 15) is 27.3 Å². The summed E-state index contributed by atoms with van der Waals surface area (Å²) in [6.07, 6.45) is 0. The van der Waals surface area contributed by atoms with E-state index >= 15 is 0 Å². The van der Waals surface area contributed by atoms with Gasteiger partial charge in [-0.15, -0.1) is 0 Å². The maximum atomic E-state index is 13.9. The molecule has 10 heteroatoms. The molecule has 0 saturated carbocycles. The van der Waals surface area contributed by atoms with Gasteiger partial charge in [-0.25, -0.2) is 17.2 Å². The second-order valence-electron chi connectivity index (χ2n) is 6.18. The summed E-state index contributed by atoms with van der Waals surface area (Å²) >= 11 is 0. The first-order chi connectivity index (χ1) is 12.8. The smallest absolute Gasteiger partial charge is 0.269 e. The molecule has 0 aromatic heterocycles. The Labute approximate surface area is 155 Å². The van der Waals surface area contributed by atoms with Gasteiger partial charge in [0.05, 0.1) is 4.92 Å². The van der Waals surface area contributed by atoms with Gasteiger partial charge in [0.1, 0.15) is 16.5 Å². The van der Waals surface area contributed by atoms with Crippen molar-refractivity contribution in [1.82, 2.24) is 9.21 Å². The van der Waals surface area contributed by atoms with E-state index in [1.807, 2.05) is 4.90 Å². The Balaban J connectivity index is 1.63. The van der Waals surface area contributed by atoms with Gasteiger partial charge in [-0.2, -0.15) is 4.31 Å². The van der Waals surface area contributed by atoms with Gasteiger partial charge in [-0.3, -0.25) is 15.0 Å². The van der Waals surface area contributed by atoms with E-state index in [1.165, 1.54) is 16.4 Å². The van der Waals surface area contributed by atoms with Crippen LogP contribution in [0.25, 0.3) is 0 Å². The van der Waals surface area contributed by atoms with E-state index in [1.54, 1.807) is 12.1 Å². The van der Waals surface area contributed by atoms with Crippen LogP contribution in [0.3, 0.4) is 0 Å². The fourth-order valence-corrected chi connectivity index (χ4v) is 4.40. The first-order valence-electron chi connectivity index (χ1n) is 8.18. The van der Waals surface area contributed by atoms with Crippen LogP contribution in [0.4, 0.5) is 14.5 Å². The topological polar surface area (TPSA) is 83.8 Å². The van der Waals surface area contributed by atoms with Crippen molar-refractivity contribution in [2.45, 2.75) is 11.4 Å². The Morgan fingerprint density at radius 1 is 1.00 bits per heavy atom. The minimum Gasteiger partial charge on any atom is -0.296 e. The Hall–Kier alpha value is -2.43. The van der Waals surface area contributed by atoms with Crippen molar-refractivity contribution in [2.75, 3.05) is 26.2 Å². The van der Waals surface area contributed by atoms with E-state index < -0.39 is 31.5 Å². The first kappa shape index (κ1) is 19.3. The molecule has 0 aliphatic carbocycles. The molecule has 3 rings (SSSR count). The summed E-state index contributed by atoms with van der Waals surface area (Å²) in [7, 11) is -4.03. The third kappa shape index (κ3) is 4.29. The van der Waals surface area contributed by atoms with Gasteiger partial charge in [-0.1, -0.05) is 12.1 Å². The van der Waals surface area contributed by atoms with Crippen molar-refractivity contribution < 1.29 is 22.1 Å². The highest BCUT2D eigenvalue weighted by molar-refractivity contribution is 7.89. The number of benzene rings is 2. The van der Waals surface area contributed by atoms with E-state index in [2.05, 4.69) is 0 Å². The van der Waals surface area contributed by atoms with Crippen LogP contribution >= 0.6 is 0 Å². The number of sulfonamides is 1. The molecule has 0 amide bonds. The van der Waals surface area contributed by atoms with Crippen molar-refractivity contribution in [3.63, 3.8) is 0 Å². The van der Waals surface area contributed by atoms with Gasteiger partial charge < -0.3 is 0 Å². The monoisotopic (exact) mass is 397 g/mol. The van der Waals surface area contributed by atoms with Crippen LogP contribution in [0.5, 0.6) is 0 Å². The molecule has 1 fully saturated rings. The number of nitrogens with zero attached hydrogens (tertiary/aromatic N) is 3. The lowest BCUT2D eigenvalue weighted by Gasteiger charge is -2.34. The maximum Gasteiger partial charge on any atom is 0.269 e. The predicted molar refractivity (Wildman–Crippen MR) is 93.5 cm³/mol. The Morgan fingerprint density at radius 2 is 1.63 bits per heavy atom. The quantitative estimate of drug-likeness (QED) is 0.571. The number of nitro benzene ring substituents is 1. The molecule has 1 aliphatic heterocycles. The van der Waals surface area contributed by atoms with E-state index in [-0.39, 0.29) is 18.8 Å². The lowest BCUT2D eigenvalue weighted by atomic mass is 10.2. The second kappa shape index (κ2) is 7.67. The minimum absolute atomic E-state index is 0.0102. The maximum absolute atomic E-state index is 13.9. The summed E-state index contributed by atoms with van der Waals surface area (Å²) in [6, 6.07) is 8.58. The largest absolute Gasteiger partial charge is 0.296 e. The van der Waals surface area contributed by atoms with Crippen molar-refractivity contribution in [3.8, 4) is 0 Å². The molecule has 1 saturated heterocycles. The SMILES string of the molecule is O=[N+]([O-])c1ccc(CN2CCN(S(=O)(=O)c3ccc(F)cc3F)CC2)cc1. The number of hydrogen-bond acceptors (Lipinski definition) is 5. The summed E-state index contributed by atoms with van der Waals surface area (Å²) in [4.78, 5) is 11.7. The third-order valence-electron chi connectivity index (χ3n) is 4.40. The molecule has 1 aliphatic rings. The standard InChI is InChI=1S/C17H17F2N3O4S/c18-14-3-6-17(16(19)11-14)27(25,26)21-9-7-20(8-10-21)12-13-1-4-15(5-2-13)22(23)24/h1-6,11H,7-10,12H2. The summed E-state index contributed by atoms with van der Waals surface area (Å²) in [5, 5.41) is 10.7. The van der Waals surface area contributed by atoms with Crippen molar-refractivity contribution in [1.29, 1.82) is 0 Å². The molecule has 7 nitrogen and oxygen atoms in total. The predicted octanol–water partition coefficient (Wildman–Crippen LogP) is 2.38. The molecule has 0 atom stereocenters. The number of hydrogen-bond donors (Lipinski definition) is 0. The normalized spacial score (nSPS) is 16.4. The Morgan fingerprint density at radius 3 is 2.19 bits per heavy atom. The summed E-state index contributed by atoms with van der Waals surface area (Å²) in [5.74, 6) is -1.94. The van der Waals surface area contributed by atoms with Gasteiger partial charge >= 0.3 is 0 Å². The second-order valence-corrected chi connectivity index (χ2v) is 8.08. The summed E-state index contributed by atoms with van der Waals surface area (Å²) in [5.41, 5.74) is 0.887. The molecule has 144 valence electrons. The summed E-state index contributed by atoms with van der Waals surface area (Å²) in [6.45, 7) is 1.73. The number of nitro groups is 1. The Bertz CT molecular complexity index is 943. The van der Waals surface area contributed by atoms with Crippen LogP contribution in [0.2, 0.25) is 0 Å². The zero-order valence-corrected chi connectivity index (χ0v) is 15.0.